The third-order valence-electron chi connectivity index (χ3n) is 7.50. The van der Waals surface area contributed by atoms with E-state index in [9.17, 15) is 13.9 Å². The maximum absolute atomic E-state index is 15.4. The second-order valence-corrected chi connectivity index (χ2v) is 10.3. The van der Waals surface area contributed by atoms with Crippen LogP contribution >= 0.6 is 11.6 Å². The molecule has 2 aliphatic heterocycles. The van der Waals surface area contributed by atoms with Crippen molar-refractivity contribution in [1.82, 2.24) is 24.6 Å². The predicted octanol–water partition coefficient (Wildman–Crippen LogP) is 4.00. The summed E-state index contributed by atoms with van der Waals surface area (Å²) in [6.45, 7) is 3.59. The van der Waals surface area contributed by atoms with E-state index >= 15 is 4.39 Å². The number of likely N-dealkylation sites (tertiary alicyclic amines) is 1. The van der Waals surface area contributed by atoms with Gasteiger partial charge in [-0.15, -0.1) is 0 Å². The van der Waals surface area contributed by atoms with E-state index in [1.807, 2.05) is 24.0 Å². The number of nitrogens with zero attached hydrogens (tertiary/aromatic N) is 5. The standard InChI is InChI=1S/C24H26ClF3N6O2/c1-12-4-13-7-29-23(32-18-8-30-34(22(18)25)21-6-24(21,27)28)31-17(13)5-15(12)14-2-3-33(9-16(14)26)19-10-36-11-20(19)35/h4-5,7-8,14,16,19-21,35H,2-3,6,9-11H2,1H3,(H,29,31,32)/t14-,16?,19?,20?,21?/m0/s1. The molecule has 2 aromatic heterocycles. The largest absolute Gasteiger partial charge is 0.389 e. The Morgan fingerprint density at radius 1 is 1.25 bits per heavy atom. The molecule has 0 radical (unpaired) electrons. The fraction of sp³-hybridized carbons (Fsp3) is 0.542. The van der Waals surface area contributed by atoms with Crippen LogP contribution in [-0.4, -0.2) is 80.3 Å². The lowest BCUT2D eigenvalue weighted by molar-refractivity contribution is 0.0352. The summed E-state index contributed by atoms with van der Waals surface area (Å²) in [7, 11) is 0. The van der Waals surface area contributed by atoms with Gasteiger partial charge in [-0.05, 0) is 43.1 Å². The number of piperidine rings is 1. The first-order chi connectivity index (χ1) is 17.2. The number of ether oxygens (including phenoxy) is 1. The van der Waals surface area contributed by atoms with Crippen molar-refractivity contribution in [2.45, 2.75) is 56.0 Å². The average Bonchev–Trinajstić information content (AvgIpc) is 3.12. The minimum Gasteiger partial charge on any atom is -0.389 e. The Balaban J connectivity index is 1.22. The van der Waals surface area contributed by atoms with Crippen LogP contribution in [0.2, 0.25) is 5.15 Å². The maximum Gasteiger partial charge on any atom is 0.272 e. The van der Waals surface area contributed by atoms with Gasteiger partial charge in [-0.3, -0.25) is 4.90 Å². The molecule has 12 heteroatoms. The number of hydrogen-bond acceptors (Lipinski definition) is 7. The smallest absolute Gasteiger partial charge is 0.272 e. The molecule has 3 aromatic rings. The maximum atomic E-state index is 15.4. The van der Waals surface area contributed by atoms with Crippen LogP contribution < -0.4 is 5.32 Å². The summed E-state index contributed by atoms with van der Waals surface area (Å²) >= 11 is 6.27. The summed E-state index contributed by atoms with van der Waals surface area (Å²) in [5, 5.41) is 17.9. The highest BCUT2D eigenvalue weighted by Gasteiger charge is 2.59. The van der Waals surface area contributed by atoms with Gasteiger partial charge in [0.1, 0.15) is 12.2 Å². The van der Waals surface area contributed by atoms with Crippen molar-refractivity contribution in [3.8, 4) is 0 Å². The number of hydrogen-bond donors (Lipinski definition) is 2. The monoisotopic (exact) mass is 522 g/mol. The molecular weight excluding hydrogens is 497 g/mol. The van der Waals surface area contributed by atoms with Gasteiger partial charge in [0.15, 0.2) is 5.15 Å². The summed E-state index contributed by atoms with van der Waals surface area (Å²) in [5.41, 5.74) is 2.83. The third-order valence-corrected chi connectivity index (χ3v) is 7.88. The van der Waals surface area contributed by atoms with Crippen molar-refractivity contribution in [3.63, 3.8) is 0 Å². The second kappa shape index (κ2) is 8.83. The lowest BCUT2D eigenvalue weighted by Gasteiger charge is -2.39. The van der Waals surface area contributed by atoms with Gasteiger partial charge in [0.25, 0.3) is 5.92 Å². The molecule has 192 valence electrons. The number of anilines is 2. The van der Waals surface area contributed by atoms with Crippen LogP contribution in [0, 0.1) is 6.92 Å². The lowest BCUT2D eigenvalue weighted by atomic mass is 9.84. The molecule has 2 N–H and O–H groups in total. The second-order valence-electron chi connectivity index (χ2n) is 9.94. The van der Waals surface area contributed by atoms with Gasteiger partial charge in [-0.25, -0.2) is 27.8 Å². The van der Waals surface area contributed by atoms with Gasteiger partial charge in [-0.2, -0.15) is 5.10 Å². The molecule has 1 saturated carbocycles. The molecule has 0 amide bonds. The van der Waals surface area contributed by atoms with Crippen LogP contribution in [0.3, 0.4) is 0 Å². The summed E-state index contributed by atoms with van der Waals surface area (Å²) in [6.07, 6.45) is 1.69. The van der Waals surface area contributed by atoms with Crippen molar-refractivity contribution in [1.29, 1.82) is 0 Å². The molecule has 2 saturated heterocycles. The highest BCUT2D eigenvalue weighted by molar-refractivity contribution is 6.32. The van der Waals surface area contributed by atoms with Crippen molar-refractivity contribution in [2.75, 3.05) is 31.6 Å². The van der Waals surface area contributed by atoms with Crippen molar-refractivity contribution < 1.29 is 23.0 Å². The Labute approximate surface area is 210 Å². The normalized spacial score (nSPS) is 30.1. The number of aliphatic hydroxyl groups is 1. The molecule has 4 unspecified atom stereocenters. The zero-order chi connectivity index (χ0) is 25.2. The van der Waals surface area contributed by atoms with Crippen molar-refractivity contribution >= 4 is 34.1 Å². The first kappa shape index (κ1) is 23.9. The van der Waals surface area contributed by atoms with Gasteiger partial charge < -0.3 is 15.2 Å². The van der Waals surface area contributed by atoms with Crippen molar-refractivity contribution in [3.05, 3.63) is 40.8 Å². The molecule has 6 rings (SSSR count). The Kier molecular flexibility index (Phi) is 5.86. The number of aromatic nitrogens is 4. The minimum absolute atomic E-state index is 0.0651. The number of halogens is 4. The first-order valence-electron chi connectivity index (χ1n) is 12.0. The molecule has 4 heterocycles. The van der Waals surface area contributed by atoms with E-state index in [1.54, 1.807) is 6.20 Å². The minimum atomic E-state index is -2.80. The molecule has 36 heavy (non-hydrogen) atoms. The van der Waals surface area contributed by atoms with Gasteiger partial charge in [-0.1, -0.05) is 11.6 Å². The van der Waals surface area contributed by atoms with E-state index in [0.29, 0.717) is 37.4 Å². The third kappa shape index (κ3) is 4.21. The number of fused-ring (bicyclic) bond motifs is 1. The van der Waals surface area contributed by atoms with Crippen LogP contribution in [0.25, 0.3) is 10.9 Å². The number of alkyl halides is 3. The molecule has 1 aromatic carbocycles. The highest BCUT2D eigenvalue weighted by Crippen LogP contribution is 2.53. The van der Waals surface area contributed by atoms with E-state index in [-0.39, 0.29) is 36.0 Å². The van der Waals surface area contributed by atoms with Gasteiger partial charge >= 0.3 is 0 Å². The SMILES string of the molecule is Cc1cc2cnc(Nc3cnn(C4CC4(F)F)c3Cl)nc2cc1[C@@H]1CCN(C2COCC2O)CC1F. The van der Waals surface area contributed by atoms with Crippen LogP contribution in [0.4, 0.5) is 24.8 Å². The topological polar surface area (TPSA) is 88.3 Å². The average molecular weight is 523 g/mol. The van der Waals surface area contributed by atoms with Gasteiger partial charge in [0.05, 0.1) is 42.8 Å². The first-order valence-corrected chi connectivity index (χ1v) is 12.4. The molecule has 0 spiro atoms. The Morgan fingerprint density at radius 2 is 2.06 bits per heavy atom. The van der Waals surface area contributed by atoms with E-state index in [2.05, 4.69) is 20.4 Å². The molecule has 8 nitrogen and oxygen atoms in total. The van der Waals surface area contributed by atoms with Crippen LogP contribution in [0.5, 0.6) is 0 Å². The van der Waals surface area contributed by atoms with E-state index in [0.717, 1.165) is 21.2 Å². The Bertz CT molecular complexity index is 1310. The zero-order valence-corrected chi connectivity index (χ0v) is 20.3. The lowest BCUT2D eigenvalue weighted by Crippen LogP contribution is -2.50. The van der Waals surface area contributed by atoms with E-state index in [1.165, 1.54) is 6.20 Å². The number of aryl methyl sites for hydroxylation is 1. The molecule has 3 fully saturated rings. The molecule has 3 aliphatic rings. The highest BCUT2D eigenvalue weighted by atomic mass is 35.5. The number of rotatable bonds is 5. The van der Waals surface area contributed by atoms with Crippen LogP contribution in [-0.2, 0) is 4.74 Å². The fourth-order valence-electron chi connectivity index (χ4n) is 5.36. The Hall–Kier alpha value is -2.47. The summed E-state index contributed by atoms with van der Waals surface area (Å²) in [6, 6.07) is 2.65. The summed E-state index contributed by atoms with van der Waals surface area (Å²) in [4.78, 5) is 10.9. The molecule has 0 bridgehead atoms. The zero-order valence-electron chi connectivity index (χ0n) is 19.5. The molecular formula is C24H26ClF3N6O2. The van der Waals surface area contributed by atoms with Gasteiger partial charge in [0.2, 0.25) is 5.95 Å². The number of nitrogens with one attached hydrogen (secondary N) is 1. The van der Waals surface area contributed by atoms with Crippen molar-refractivity contribution in [2.24, 2.45) is 0 Å². The quantitative estimate of drug-likeness (QED) is 0.523. The fourth-order valence-corrected chi connectivity index (χ4v) is 5.62. The van der Waals surface area contributed by atoms with Crippen LogP contribution in [0.1, 0.15) is 35.9 Å². The summed E-state index contributed by atoms with van der Waals surface area (Å²) < 4.78 is 48.7. The molecule has 5 atom stereocenters. The molecule has 1 aliphatic carbocycles. The van der Waals surface area contributed by atoms with E-state index < -0.39 is 24.2 Å². The van der Waals surface area contributed by atoms with Crippen LogP contribution in [0.15, 0.2) is 24.5 Å². The number of benzene rings is 1. The predicted molar refractivity (Wildman–Crippen MR) is 128 cm³/mol. The number of aliphatic hydroxyl groups excluding tert-OH is 1. The van der Waals surface area contributed by atoms with E-state index in [4.69, 9.17) is 16.3 Å². The Morgan fingerprint density at radius 3 is 2.75 bits per heavy atom. The van der Waals surface area contributed by atoms with Gasteiger partial charge in [0, 0.05) is 30.5 Å². The summed E-state index contributed by atoms with van der Waals surface area (Å²) in [5.74, 6) is -2.84.